The van der Waals surface area contributed by atoms with Crippen LogP contribution >= 0.6 is 0 Å². The minimum atomic E-state index is -3.02. The van der Waals surface area contributed by atoms with Crippen LogP contribution in [0, 0.1) is 18.6 Å². The summed E-state index contributed by atoms with van der Waals surface area (Å²) in [6.07, 6.45) is 6.41. The Balaban J connectivity index is 1.32. The second-order valence-corrected chi connectivity index (χ2v) is 11.6. The van der Waals surface area contributed by atoms with Gasteiger partial charge < -0.3 is 25.1 Å². The topological polar surface area (TPSA) is 156 Å². The molecular weight excluding hydrogens is 642 g/mol. The number of ether oxygens (including phenoxy) is 2. The average Bonchev–Trinajstić information content (AvgIpc) is 3.06. The van der Waals surface area contributed by atoms with Crippen molar-refractivity contribution in [2.24, 2.45) is 0 Å². The second-order valence-electron chi connectivity index (χ2n) is 10.8. The predicted octanol–water partition coefficient (Wildman–Crippen LogP) is 6.77. The van der Waals surface area contributed by atoms with E-state index in [-0.39, 0.29) is 17.5 Å². The standard InChI is InChI=1S/C34H34F2N6O5S/c1-21-25-15-22(23-16-30(34(46-2)38-19-23)42(48(44)45)29-13-12-24(35)18-26(29)36)17-31(33(25)40-20-39-21)47-14-8-4-3-5-11-32(43)41-28-10-7-6-9-27(28)37/h6-7,9-10,12-13,15-20H,3-5,8,11,14,37H2,1-2H3,(H,41,43)(H,44,45)/p-1. The van der Waals surface area contributed by atoms with Gasteiger partial charge in [-0.3, -0.25) is 13.3 Å². The van der Waals surface area contributed by atoms with Crippen molar-refractivity contribution in [1.82, 2.24) is 15.0 Å². The molecule has 250 valence electrons. The summed E-state index contributed by atoms with van der Waals surface area (Å²) in [5, 5.41) is 3.54. The SMILES string of the molecule is COc1ncc(-c2cc(OCCCCCCC(=O)Nc3ccccc3N)c3ncnc(C)c3c2)cc1N(c1ccc(F)cc1F)S(=O)[O-]. The highest BCUT2D eigenvalue weighted by molar-refractivity contribution is 7.81. The molecule has 0 bridgehead atoms. The lowest BCUT2D eigenvalue weighted by Gasteiger charge is -2.28. The van der Waals surface area contributed by atoms with Gasteiger partial charge in [0, 0.05) is 35.3 Å². The predicted molar refractivity (Wildman–Crippen MR) is 180 cm³/mol. The lowest BCUT2D eigenvalue weighted by Crippen LogP contribution is -2.22. The number of nitrogens with zero attached hydrogens (tertiary/aromatic N) is 4. The second kappa shape index (κ2) is 15.6. The number of fused-ring (bicyclic) bond motifs is 1. The largest absolute Gasteiger partial charge is 0.755 e. The number of carbonyl (C=O) groups is 1. The fourth-order valence-corrected chi connectivity index (χ4v) is 5.72. The van der Waals surface area contributed by atoms with E-state index in [0.717, 1.165) is 31.4 Å². The van der Waals surface area contributed by atoms with E-state index in [1.807, 2.05) is 19.1 Å². The van der Waals surface area contributed by atoms with Crippen LogP contribution in [0.3, 0.4) is 0 Å². The molecule has 3 N–H and O–H groups in total. The van der Waals surface area contributed by atoms with Crippen LogP contribution in [0.5, 0.6) is 11.6 Å². The van der Waals surface area contributed by atoms with Crippen LogP contribution in [-0.4, -0.2) is 43.3 Å². The summed E-state index contributed by atoms with van der Waals surface area (Å²) in [6.45, 7) is 2.21. The molecular formula is C34H33F2N6O5S-. The first kappa shape index (κ1) is 34.1. The molecule has 0 aliphatic rings. The summed E-state index contributed by atoms with van der Waals surface area (Å²) in [5.74, 6) is -1.64. The van der Waals surface area contributed by atoms with Gasteiger partial charge in [0.2, 0.25) is 11.8 Å². The fraction of sp³-hybridized carbons (Fsp3) is 0.235. The Bertz CT molecular complexity index is 1960. The quantitative estimate of drug-likeness (QED) is 0.0737. The molecule has 2 heterocycles. The van der Waals surface area contributed by atoms with Crippen LogP contribution in [0.15, 0.2) is 73.2 Å². The molecule has 0 spiro atoms. The maximum atomic E-state index is 14.8. The maximum Gasteiger partial charge on any atom is 0.238 e. The van der Waals surface area contributed by atoms with Crippen LogP contribution < -0.4 is 24.8 Å². The van der Waals surface area contributed by atoms with Gasteiger partial charge in [-0.15, -0.1) is 0 Å². The minimum Gasteiger partial charge on any atom is -0.755 e. The number of pyridine rings is 1. The number of anilines is 4. The minimum absolute atomic E-state index is 0.0849. The Morgan fingerprint density at radius 1 is 0.979 bits per heavy atom. The van der Waals surface area contributed by atoms with Gasteiger partial charge in [-0.25, -0.2) is 23.7 Å². The molecule has 1 amide bonds. The zero-order valence-electron chi connectivity index (χ0n) is 26.2. The normalized spacial score (nSPS) is 11.7. The molecule has 5 aromatic rings. The van der Waals surface area contributed by atoms with Gasteiger partial charge in [0.05, 0.1) is 42.0 Å². The summed E-state index contributed by atoms with van der Waals surface area (Å²) >= 11 is -3.02. The Kier molecular flexibility index (Phi) is 11.1. The van der Waals surface area contributed by atoms with Crippen LogP contribution in [0.4, 0.5) is 31.5 Å². The number of aryl methyl sites for hydroxylation is 1. The molecule has 0 aliphatic heterocycles. The summed E-state index contributed by atoms with van der Waals surface area (Å²) < 4.78 is 65.3. The van der Waals surface area contributed by atoms with Gasteiger partial charge >= 0.3 is 0 Å². The lowest BCUT2D eigenvalue weighted by molar-refractivity contribution is -0.116. The smallest absolute Gasteiger partial charge is 0.238 e. The van der Waals surface area contributed by atoms with Crippen LogP contribution in [0.1, 0.15) is 37.8 Å². The molecule has 0 radical (unpaired) electrons. The maximum absolute atomic E-state index is 14.8. The zero-order chi connectivity index (χ0) is 34.2. The Morgan fingerprint density at radius 3 is 2.52 bits per heavy atom. The Hall–Kier alpha value is -5.21. The summed E-state index contributed by atoms with van der Waals surface area (Å²) in [6, 6.07) is 14.8. The van der Waals surface area contributed by atoms with E-state index in [9.17, 15) is 22.3 Å². The highest BCUT2D eigenvalue weighted by Gasteiger charge is 2.22. The van der Waals surface area contributed by atoms with Gasteiger partial charge in [-0.1, -0.05) is 25.0 Å². The highest BCUT2D eigenvalue weighted by Crippen LogP contribution is 2.39. The van der Waals surface area contributed by atoms with Crippen molar-refractivity contribution in [3.05, 3.63) is 90.5 Å². The number of amides is 1. The van der Waals surface area contributed by atoms with Gasteiger partial charge in [0.15, 0.2) is 5.82 Å². The monoisotopic (exact) mass is 675 g/mol. The number of hydrogen-bond acceptors (Lipinski definition) is 9. The number of aromatic nitrogens is 3. The Labute approximate surface area is 278 Å². The third-order valence-corrected chi connectivity index (χ3v) is 8.24. The van der Waals surface area contributed by atoms with E-state index >= 15 is 0 Å². The first-order chi connectivity index (χ1) is 23.2. The van der Waals surface area contributed by atoms with Crippen molar-refractivity contribution in [2.45, 2.75) is 39.0 Å². The third kappa shape index (κ3) is 8.01. The van der Waals surface area contributed by atoms with E-state index in [1.165, 1.54) is 25.7 Å². The van der Waals surface area contributed by atoms with Crippen molar-refractivity contribution in [3.63, 3.8) is 0 Å². The lowest BCUT2D eigenvalue weighted by atomic mass is 10.0. The number of unbranched alkanes of at least 4 members (excludes halogenated alkanes) is 3. The molecule has 1 atom stereocenters. The number of nitrogens with one attached hydrogen (secondary N) is 1. The molecule has 48 heavy (non-hydrogen) atoms. The van der Waals surface area contributed by atoms with E-state index in [2.05, 4.69) is 20.3 Å². The number of para-hydroxylation sites is 2. The molecule has 0 saturated heterocycles. The number of nitrogens with two attached hydrogens (primary N) is 1. The number of hydrogen-bond donors (Lipinski definition) is 2. The molecule has 11 nitrogen and oxygen atoms in total. The molecule has 0 saturated carbocycles. The van der Waals surface area contributed by atoms with Crippen LogP contribution in [0.2, 0.25) is 0 Å². The number of carbonyl (C=O) groups excluding carboxylic acids is 1. The molecule has 0 aliphatic carbocycles. The highest BCUT2D eigenvalue weighted by atomic mass is 32.2. The molecule has 1 unspecified atom stereocenters. The Morgan fingerprint density at radius 2 is 1.77 bits per heavy atom. The summed E-state index contributed by atoms with van der Waals surface area (Å²) in [5.41, 5.74) is 8.88. The van der Waals surface area contributed by atoms with E-state index in [4.69, 9.17) is 15.2 Å². The van der Waals surface area contributed by atoms with Gasteiger partial charge in [0.1, 0.15) is 29.1 Å². The summed E-state index contributed by atoms with van der Waals surface area (Å²) in [4.78, 5) is 25.3. The van der Waals surface area contributed by atoms with Crippen molar-refractivity contribution in [2.75, 3.05) is 29.1 Å². The molecule has 14 heteroatoms. The van der Waals surface area contributed by atoms with Crippen molar-refractivity contribution in [1.29, 1.82) is 0 Å². The van der Waals surface area contributed by atoms with Crippen molar-refractivity contribution >= 4 is 50.8 Å². The summed E-state index contributed by atoms with van der Waals surface area (Å²) in [7, 11) is 1.30. The van der Waals surface area contributed by atoms with Gasteiger partial charge in [0.25, 0.3) is 0 Å². The van der Waals surface area contributed by atoms with E-state index in [1.54, 1.807) is 24.3 Å². The zero-order valence-corrected chi connectivity index (χ0v) is 27.1. The number of halogens is 2. The average molecular weight is 676 g/mol. The van der Waals surface area contributed by atoms with Gasteiger partial charge in [-0.2, -0.15) is 0 Å². The first-order valence-electron chi connectivity index (χ1n) is 15.1. The van der Waals surface area contributed by atoms with Crippen molar-refractivity contribution in [3.8, 4) is 22.8 Å². The van der Waals surface area contributed by atoms with Crippen molar-refractivity contribution < 1.29 is 31.8 Å². The first-order valence-corrected chi connectivity index (χ1v) is 16.1. The molecule has 5 rings (SSSR count). The number of methoxy groups -OCH3 is 1. The molecule has 2 aromatic heterocycles. The fourth-order valence-electron chi connectivity index (χ4n) is 5.12. The number of rotatable bonds is 14. The molecule has 0 fully saturated rings. The number of nitrogen functional groups attached to an aromatic ring is 1. The van der Waals surface area contributed by atoms with Gasteiger partial charge in [-0.05, 0) is 67.8 Å². The van der Waals surface area contributed by atoms with Crippen LogP contribution in [0.25, 0.3) is 22.0 Å². The third-order valence-electron chi connectivity index (χ3n) is 7.55. The van der Waals surface area contributed by atoms with Crippen LogP contribution in [-0.2, 0) is 16.1 Å². The number of benzene rings is 3. The van der Waals surface area contributed by atoms with E-state index < -0.39 is 28.6 Å². The molecule has 3 aromatic carbocycles. The van der Waals surface area contributed by atoms with E-state index in [0.29, 0.717) is 74.7 Å².